The summed E-state index contributed by atoms with van der Waals surface area (Å²) in [7, 11) is 0. The molecular weight excluding hydrogens is 1640 g/mol. The molecule has 0 aromatic carbocycles. The van der Waals surface area contributed by atoms with Crippen LogP contribution in [0.3, 0.4) is 0 Å². The van der Waals surface area contributed by atoms with E-state index in [1.54, 1.807) is 0 Å². The lowest BCUT2D eigenvalue weighted by molar-refractivity contribution is -0.400. The van der Waals surface area contributed by atoms with Gasteiger partial charge in [-0.25, -0.2) is 0 Å². The third-order valence-corrected chi connectivity index (χ3v) is 31.9. The second kappa shape index (κ2) is 36.5. The fourth-order valence-corrected chi connectivity index (χ4v) is 25.3. The predicted molar refractivity (Wildman–Crippen MR) is 406 cm³/mol. The van der Waals surface area contributed by atoms with Gasteiger partial charge in [0.05, 0.1) is 68.3 Å². The number of esters is 1. The summed E-state index contributed by atoms with van der Waals surface area (Å²) in [6, 6.07) is 0. The van der Waals surface area contributed by atoms with Gasteiger partial charge in [-0.3, -0.25) is 9.59 Å². The minimum Gasteiger partial charge on any atom is -0.481 e. The highest BCUT2D eigenvalue weighted by Crippen LogP contribution is 2.74. The summed E-state index contributed by atoms with van der Waals surface area (Å²) in [6.45, 7) is 6.61. The Bertz CT molecular complexity index is 3690. The van der Waals surface area contributed by atoms with Crippen molar-refractivity contribution in [1.29, 1.82) is 0 Å². The van der Waals surface area contributed by atoms with Crippen LogP contribution in [0, 0.1) is 56.2 Å². The van der Waals surface area contributed by atoms with Gasteiger partial charge in [-0.1, -0.05) is 38.8 Å². The van der Waals surface area contributed by atoms with E-state index in [2.05, 4.69) is 26.0 Å². The van der Waals surface area contributed by atoms with E-state index in [1.807, 2.05) is 27.7 Å². The number of fused-ring (bicyclic) bond motifs is 6. The van der Waals surface area contributed by atoms with E-state index in [9.17, 15) is 137 Å². The SMILES string of the molecule is CC1=C[C@@]23CC[C@H]4[C@@](C)(CCC[C@@]4(C)C(=O)O)[C@@H]2CC[C@]1(OC1OC(CO)C(O)C(OC2OC(CO)C(O)C(O)C2O)C1OC1OC(CO)C(O)C(O)C1O)C3.CC1=C[C@@]23CC[C@H]4[C@@](C)(CCC[C@@]4(C)C(=O)OC4OC(CO)C(O)C(O)C4O)[C@@H]2CC[C@]1(OC1OC(CO)C(O)C(OC2OC(CO)C(O)C(O)C2O)C1OC1OC(CO)C(O)C(O)C1O)C3. The molecule has 2 spiro atoms. The largest absolute Gasteiger partial charge is 0.481 e. The van der Waals surface area contributed by atoms with E-state index >= 15 is 0 Å². The van der Waals surface area contributed by atoms with Crippen LogP contribution in [0.1, 0.15) is 144 Å². The van der Waals surface area contributed by atoms with Gasteiger partial charge in [-0.2, -0.15) is 0 Å². The molecule has 704 valence electrons. The van der Waals surface area contributed by atoms with Gasteiger partial charge in [0.1, 0.15) is 171 Å². The lowest BCUT2D eigenvalue weighted by Gasteiger charge is -2.64. The molecule has 15 aliphatic rings. The Labute approximate surface area is 709 Å². The number of ether oxygens (including phenoxy) is 14. The number of carboxylic acid groups (broad SMARTS) is 1. The average Bonchev–Trinajstić information content (AvgIpc) is 1.58. The van der Waals surface area contributed by atoms with E-state index in [4.69, 9.17) is 66.3 Å². The van der Waals surface area contributed by atoms with Crippen molar-refractivity contribution in [3.8, 4) is 0 Å². The smallest absolute Gasteiger partial charge is 0.314 e. The highest BCUT2D eigenvalue weighted by molar-refractivity contribution is 5.77. The first kappa shape index (κ1) is 96.0. The van der Waals surface area contributed by atoms with Crippen LogP contribution < -0.4 is 0 Å². The van der Waals surface area contributed by atoms with Gasteiger partial charge in [0.2, 0.25) is 6.29 Å². The summed E-state index contributed by atoms with van der Waals surface area (Å²) in [4.78, 5) is 26.9. The average molecular weight is 1770 g/mol. The number of rotatable bonds is 22. The number of allylic oxidation sites excluding steroid dienone is 2. The molecule has 41 nitrogen and oxygen atoms in total. The summed E-state index contributed by atoms with van der Waals surface area (Å²) in [5, 5.41) is 264. The lowest BCUT2D eigenvalue weighted by atomic mass is 9.40. The quantitative estimate of drug-likeness (QED) is 0.0272. The molecule has 7 saturated heterocycles. The van der Waals surface area contributed by atoms with Crippen molar-refractivity contribution in [2.24, 2.45) is 56.2 Å². The standard InChI is InChI=1S/C44H70O23.C38H60O18/c1-17-11-43-9-5-22-41(2,7-4-8-42(22,3)40(59)66-38-33(58)30(55)26(51)20(14-47)62-38)23(43)6-10-44(17,16-43)67-39-35(65-37-32(57)29(54)25(50)19(13-46)61-37)34(27(52)21(15-48)63-39)64-36-31(56)28(53)24(49)18(12-45)60-36;1-16-11-37-9-5-20-35(2,7-4-8-36(20,3)34(49)50)21(37)6-10-38(16,15-37)56-33-30(55-32-28(48)26(46)23(43)18(13-40)52-32)29(24(44)19(14-41)53-33)54-31-27(47)25(45)22(42)17(12-39)51-31/h11,18-39,45-58H,4-10,12-16H2,1-3H3;11,17-33,39-48H,4-10,12-15H2,1-3H3,(H,49,50)/t18?,19?,20?,21?,22-,23-,24?,25?,26?,27?,28?,29?,30?,31?,32?,33?,34?,35?,36?,37?,38?,39?,41+,42+,43+,44-;17?,18?,19?,20-,21-,22?,23?,24?,25?,26?,27?,28?,29?,30?,31?,32?,33?,35+,36+,37+,38-/m00/s1. The van der Waals surface area contributed by atoms with Gasteiger partial charge in [0.25, 0.3) is 0 Å². The first-order chi connectivity index (χ1) is 58.0. The molecule has 13 fully saturated rings. The van der Waals surface area contributed by atoms with Crippen molar-refractivity contribution < 1.29 is 204 Å². The number of carbonyl (C=O) groups is 2. The summed E-state index contributed by atoms with van der Waals surface area (Å²) in [6.07, 6.45) is -44.8. The maximum atomic E-state index is 14.3. The fourth-order valence-electron chi connectivity index (χ4n) is 25.3. The summed E-state index contributed by atoms with van der Waals surface area (Å²) >= 11 is 0. The summed E-state index contributed by atoms with van der Waals surface area (Å²) in [5.74, 6) is -1.44. The van der Waals surface area contributed by atoms with E-state index in [1.165, 1.54) is 0 Å². The first-order valence-electron chi connectivity index (χ1n) is 43.3. The number of aliphatic hydroxyl groups is 24. The first-order valence-corrected chi connectivity index (χ1v) is 43.3. The van der Waals surface area contributed by atoms with Crippen LogP contribution in [0.5, 0.6) is 0 Å². The topological polar surface area (TPSA) is 669 Å². The van der Waals surface area contributed by atoms with Crippen LogP contribution >= 0.6 is 0 Å². The van der Waals surface area contributed by atoms with E-state index in [0.29, 0.717) is 77.0 Å². The molecule has 35 unspecified atom stereocenters. The Balaban J connectivity index is 0.000000204. The molecule has 25 N–H and O–H groups in total. The number of hydrogen-bond acceptors (Lipinski definition) is 40. The molecule has 0 aromatic heterocycles. The molecule has 0 aromatic rings. The van der Waals surface area contributed by atoms with Gasteiger partial charge in [0.15, 0.2) is 37.7 Å². The molecule has 15 rings (SSSR count). The van der Waals surface area contributed by atoms with Crippen molar-refractivity contribution in [1.82, 2.24) is 0 Å². The maximum Gasteiger partial charge on any atom is 0.314 e. The van der Waals surface area contributed by atoms with Crippen molar-refractivity contribution in [2.75, 3.05) is 46.2 Å². The predicted octanol–water partition coefficient (Wildman–Crippen LogP) is -7.49. The zero-order chi connectivity index (χ0) is 89.4. The fraction of sp³-hybridized carbons (Fsp3) is 0.927. The van der Waals surface area contributed by atoms with Gasteiger partial charge in [0, 0.05) is 0 Å². The highest BCUT2D eigenvalue weighted by atomic mass is 16.8. The second-order valence-electron chi connectivity index (χ2n) is 38.6. The van der Waals surface area contributed by atoms with Crippen LogP contribution in [0.4, 0.5) is 0 Å². The molecule has 4 bridgehead atoms. The molecule has 0 amide bonds. The van der Waals surface area contributed by atoms with Gasteiger partial charge >= 0.3 is 11.9 Å². The monoisotopic (exact) mass is 1770 g/mol. The third kappa shape index (κ3) is 16.4. The Kier molecular flexibility index (Phi) is 28.5. The van der Waals surface area contributed by atoms with Crippen LogP contribution in [0.25, 0.3) is 0 Å². The van der Waals surface area contributed by atoms with Crippen molar-refractivity contribution in [3.05, 3.63) is 23.3 Å². The lowest BCUT2D eigenvalue weighted by Crippen LogP contribution is -2.68. The normalized spacial score (nSPS) is 54.5. The maximum absolute atomic E-state index is 14.3. The number of carbonyl (C=O) groups excluding carboxylic acids is 1. The molecule has 6 saturated carbocycles. The molecule has 8 aliphatic carbocycles. The molecule has 7 aliphatic heterocycles. The highest BCUT2D eigenvalue weighted by Gasteiger charge is 2.72. The minimum absolute atomic E-state index is 0.00952. The summed E-state index contributed by atoms with van der Waals surface area (Å²) in [5.41, 5.74) is -3.72. The summed E-state index contributed by atoms with van der Waals surface area (Å²) < 4.78 is 85.0. The van der Waals surface area contributed by atoms with E-state index in [-0.39, 0.29) is 34.5 Å². The zero-order valence-electron chi connectivity index (χ0n) is 69.6. The van der Waals surface area contributed by atoms with E-state index < -0.39 is 306 Å². The number of aliphatic carboxylic acids is 1. The Morgan fingerprint density at radius 2 is 0.593 bits per heavy atom. The third-order valence-electron chi connectivity index (χ3n) is 31.9. The minimum atomic E-state index is -1.95. The van der Waals surface area contributed by atoms with Crippen LogP contribution in [0.15, 0.2) is 23.3 Å². The Morgan fingerprint density at radius 1 is 0.325 bits per heavy atom. The van der Waals surface area contributed by atoms with Crippen LogP contribution in [0.2, 0.25) is 0 Å². The number of aliphatic hydroxyl groups excluding tert-OH is 24. The van der Waals surface area contributed by atoms with Gasteiger partial charge in [-0.05, 0) is 174 Å². The van der Waals surface area contributed by atoms with Crippen LogP contribution in [-0.2, 0) is 75.9 Å². The Morgan fingerprint density at radius 3 is 0.911 bits per heavy atom. The Hall–Kier alpha value is -3.06. The number of carboxylic acids is 1. The van der Waals surface area contributed by atoms with E-state index in [0.717, 1.165) is 36.8 Å². The van der Waals surface area contributed by atoms with Crippen molar-refractivity contribution >= 4 is 11.9 Å². The second-order valence-corrected chi connectivity index (χ2v) is 38.6. The number of hydrogen-bond donors (Lipinski definition) is 25. The van der Waals surface area contributed by atoms with Gasteiger partial charge in [-0.15, -0.1) is 0 Å². The molecule has 123 heavy (non-hydrogen) atoms. The molecular formula is C82H130O41. The van der Waals surface area contributed by atoms with Gasteiger partial charge < -0.3 is 194 Å². The van der Waals surface area contributed by atoms with Crippen molar-refractivity contribution in [2.45, 2.75) is 370 Å². The molecule has 7 heterocycles. The molecule has 47 atom stereocenters. The van der Waals surface area contributed by atoms with Crippen LogP contribution in [-0.4, -0.2) is 412 Å². The zero-order valence-corrected chi connectivity index (χ0v) is 69.6. The van der Waals surface area contributed by atoms with Crippen molar-refractivity contribution in [3.63, 3.8) is 0 Å². The molecule has 41 heteroatoms. The molecule has 0 radical (unpaired) electrons.